The highest BCUT2D eigenvalue weighted by molar-refractivity contribution is 5.44. The van der Waals surface area contributed by atoms with Crippen LogP contribution in [0.3, 0.4) is 0 Å². The summed E-state index contributed by atoms with van der Waals surface area (Å²) in [6.07, 6.45) is 1.64. The second-order valence-electron chi connectivity index (χ2n) is 5.67. The summed E-state index contributed by atoms with van der Waals surface area (Å²) in [4.78, 5) is 2.23. The zero-order valence-electron chi connectivity index (χ0n) is 12.3. The minimum Gasteiger partial charge on any atom is -0.454 e. The van der Waals surface area contributed by atoms with Crippen molar-refractivity contribution in [3.63, 3.8) is 0 Å². The summed E-state index contributed by atoms with van der Waals surface area (Å²) < 4.78 is 16.1. The molecule has 3 rings (SSSR count). The minimum atomic E-state index is -0.444. The molecular formula is C16H20N2O3. The number of aryl methyl sites for hydroxylation is 1. The van der Waals surface area contributed by atoms with Crippen LogP contribution in [0.15, 0.2) is 18.2 Å². The molecule has 0 saturated carbocycles. The first kappa shape index (κ1) is 14.2. The van der Waals surface area contributed by atoms with Crippen LogP contribution in [-0.2, 0) is 11.2 Å². The lowest BCUT2D eigenvalue weighted by Gasteiger charge is -2.38. The summed E-state index contributed by atoms with van der Waals surface area (Å²) in [5, 5.41) is 9.59. The van der Waals surface area contributed by atoms with Gasteiger partial charge in [0.1, 0.15) is 5.54 Å². The molecule has 0 radical (unpaired) electrons. The summed E-state index contributed by atoms with van der Waals surface area (Å²) in [6.45, 7) is 5.38. The number of ether oxygens (including phenoxy) is 3. The van der Waals surface area contributed by atoms with E-state index in [1.807, 2.05) is 25.1 Å². The second kappa shape index (κ2) is 5.92. The van der Waals surface area contributed by atoms with Crippen LogP contribution in [0.25, 0.3) is 0 Å². The molecule has 0 amide bonds. The highest BCUT2D eigenvalue weighted by atomic mass is 16.7. The molecule has 112 valence electrons. The van der Waals surface area contributed by atoms with Crippen LogP contribution in [0.5, 0.6) is 11.5 Å². The molecule has 1 aromatic carbocycles. The normalized spacial score (nSPS) is 20.8. The van der Waals surface area contributed by atoms with Crippen molar-refractivity contribution in [3.05, 3.63) is 23.8 Å². The molecule has 0 aliphatic carbocycles. The van der Waals surface area contributed by atoms with Crippen molar-refractivity contribution < 1.29 is 14.2 Å². The van der Waals surface area contributed by atoms with Crippen LogP contribution < -0.4 is 9.47 Å². The van der Waals surface area contributed by atoms with Crippen molar-refractivity contribution in [3.8, 4) is 17.6 Å². The van der Waals surface area contributed by atoms with Gasteiger partial charge < -0.3 is 14.2 Å². The molecule has 1 unspecified atom stereocenters. The van der Waals surface area contributed by atoms with Crippen LogP contribution in [0.1, 0.15) is 18.9 Å². The van der Waals surface area contributed by atoms with Gasteiger partial charge in [-0.3, -0.25) is 4.90 Å². The second-order valence-corrected chi connectivity index (χ2v) is 5.67. The first-order chi connectivity index (χ1) is 10.2. The summed E-state index contributed by atoms with van der Waals surface area (Å²) in [6, 6.07) is 8.49. The van der Waals surface area contributed by atoms with E-state index in [0.29, 0.717) is 20.0 Å². The van der Waals surface area contributed by atoms with Gasteiger partial charge >= 0.3 is 0 Å². The smallest absolute Gasteiger partial charge is 0.231 e. The van der Waals surface area contributed by atoms with Crippen LogP contribution in [0.4, 0.5) is 0 Å². The maximum atomic E-state index is 9.59. The summed E-state index contributed by atoms with van der Waals surface area (Å²) in [7, 11) is 0. The van der Waals surface area contributed by atoms with Gasteiger partial charge in [-0.2, -0.15) is 5.26 Å². The van der Waals surface area contributed by atoms with E-state index >= 15 is 0 Å². The SMILES string of the molecule is CC(C#N)(CCc1ccc2c(c1)OCO2)N1CCOCC1. The first-order valence-electron chi connectivity index (χ1n) is 7.34. The standard InChI is InChI=1S/C16H20N2O3/c1-16(11-17,18-6-8-19-9-7-18)5-4-13-2-3-14-15(10-13)21-12-20-14/h2-3,10H,4-9,12H2,1H3. The highest BCUT2D eigenvalue weighted by Crippen LogP contribution is 2.33. The third kappa shape index (κ3) is 2.97. The summed E-state index contributed by atoms with van der Waals surface area (Å²) in [5.74, 6) is 1.60. The van der Waals surface area contributed by atoms with Crippen molar-refractivity contribution in [1.82, 2.24) is 4.90 Å². The molecule has 2 aliphatic rings. The topological polar surface area (TPSA) is 54.7 Å². The molecule has 0 aromatic heterocycles. The predicted octanol–water partition coefficient (Wildman–Crippen LogP) is 1.96. The summed E-state index contributed by atoms with van der Waals surface area (Å²) >= 11 is 0. The van der Waals surface area contributed by atoms with E-state index in [-0.39, 0.29) is 0 Å². The van der Waals surface area contributed by atoms with Gasteiger partial charge in [0.2, 0.25) is 6.79 Å². The maximum absolute atomic E-state index is 9.59. The number of fused-ring (bicyclic) bond motifs is 1. The van der Waals surface area contributed by atoms with Gasteiger partial charge in [0, 0.05) is 13.1 Å². The van der Waals surface area contributed by atoms with Crippen LogP contribution in [0.2, 0.25) is 0 Å². The average molecular weight is 288 g/mol. The molecule has 1 fully saturated rings. The Hall–Kier alpha value is -1.77. The molecule has 5 nitrogen and oxygen atoms in total. The molecule has 2 aliphatic heterocycles. The summed E-state index contributed by atoms with van der Waals surface area (Å²) in [5.41, 5.74) is 0.731. The van der Waals surface area contributed by atoms with E-state index in [2.05, 4.69) is 11.0 Å². The van der Waals surface area contributed by atoms with Gasteiger partial charge in [0.25, 0.3) is 0 Å². The van der Waals surface area contributed by atoms with Gasteiger partial charge in [-0.25, -0.2) is 0 Å². The monoisotopic (exact) mass is 288 g/mol. The Bertz CT molecular complexity index is 549. The van der Waals surface area contributed by atoms with Crippen molar-refractivity contribution in [2.24, 2.45) is 0 Å². The Morgan fingerprint density at radius 1 is 1.24 bits per heavy atom. The number of hydrogen-bond donors (Lipinski definition) is 0. The predicted molar refractivity (Wildman–Crippen MR) is 77.3 cm³/mol. The van der Waals surface area contributed by atoms with Crippen molar-refractivity contribution in [2.45, 2.75) is 25.3 Å². The molecule has 1 aromatic rings. The molecule has 5 heteroatoms. The minimum absolute atomic E-state index is 0.294. The van der Waals surface area contributed by atoms with E-state index < -0.39 is 5.54 Å². The Kier molecular flexibility index (Phi) is 4.00. The Balaban J connectivity index is 1.66. The highest BCUT2D eigenvalue weighted by Gasteiger charge is 2.32. The number of nitriles is 1. The fourth-order valence-electron chi connectivity index (χ4n) is 2.83. The van der Waals surface area contributed by atoms with E-state index in [1.165, 1.54) is 5.56 Å². The van der Waals surface area contributed by atoms with Gasteiger partial charge in [-0.1, -0.05) is 6.07 Å². The van der Waals surface area contributed by atoms with Crippen LogP contribution in [0, 0.1) is 11.3 Å². The zero-order chi connectivity index (χ0) is 14.7. The quantitative estimate of drug-likeness (QED) is 0.847. The Labute approximate surface area is 125 Å². The number of rotatable bonds is 4. The molecular weight excluding hydrogens is 268 g/mol. The molecule has 21 heavy (non-hydrogen) atoms. The van der Waals surface area contributed by atoms with E-state index in [4.69, 9.17) is 14.2 Å². The van der Waals surface area contributed by atoms with Crippen molar-refractivity contribution in [2.75, 3.05) is 33.1 Å². The van der Waals surface area contributed by atoms with E-state index in [1.54, 1.807) is 0 Å². The molecule has 1 atom stereocenters. The average Bonchev–Trinajstić information content (AvgIpc) is 3.01. The number of morpholine rings is 1. The Morgan fingerprint density at radius 2 is 2.00 bits per heavy atom. The zero-order valence-corrected chi connectivity index (χ0v) is 12.3. The lowest BCUT2D eigenvalue weighted by molar-refractivity contribution is -0.000450. The fraction of sp³-hybridized carbons (Fsp3) is 0.562. The van der Waals surface area contributed by atoms with Gasteiger partial charge in [0.05, 0.1) is 19.3 Å². The maximum Gasteiger partial charge on any atom is 0.231 e. The third-order valence-corrected chi connectivity index (χ3v) is 4.29. The lowest BCUT2D eigenvalue weighted by Crippen LogP contribution is -2.51. The van der Waals surface area contributed by atoms with Gasteiger partial charge in [-0.15, -0.1) is 0 Å². The molecule has 1 saturated heterocycles. The molecule has 2 heterocycles. The van der Waals surface area contributed by atoms with Gasteiger partial charge in [-0.05, 0) is 37.5 Å². The third-order valence-electron chi connectivity index (χ3n) is 4.29. The van der Waals surface area contributed by atoms with Crippen LogP contribution in [-0.4, -0.2) is 43.5 Å². The fourth-order valence-corrected chi connectivity index (χ4v) is 2.83. The molecule has 0 bridgehead atoms. The van der Waals surface area contributed by atoms with Crippen molar-refractivity contribution >= 4 is 0 Å². The number of hydrogen-bond acceptors (Lipinski definition) is 5. The van der Waals surface area contributed by atoms with E-state index in [0.717, 1.165) is 37.4 Å². The van der Waals surface area contributed by atoms with Crippen molar-refractivity contribution in [1.29, 1.82) is 5.26 Å². The van der Waals surface area contributed by atoms with Crippen LogP contribution >= 0.6 is 0 Å². The molecule has 0 N–H and O–H groups in total. The largest absolute Gasteiger partial charge is 0.454 e. The number of benzene rings is 1. The molecule has 0 spiro atoms. The lowest BCUT2D eigenvalue weighted by atomic mass is 9.92. The first-order valence-corrected chi connectivity index (χ1v) is 7.34. The Morgan fingerprint density at radius 3 is 2.76 bits per heavy atom. The van der Waals surface area contributed by atoms with E-state index in [9.17, 15) is 5.26 Å². The number of nitrogens with zero attached hydrogens (tertiary/aromatic N) is 2. The van der Waals surface area contributed by atoms with Gasteiger partial charge in [0.15, 0.2) is 11.5 Å².